The van der Waals surface area contributed by atoms with E-state index in [4.69, 9.17) is 26.0 Å². The van der Waals surface area contributed by atoms with Crippen molar-refractivity contribution in [3.05, 3.63) is 64.0 Å². The van der Waals surface area contributed by atoms with Crippen molar-refractivity contribution in [1.82, 2.24) is 15.8 Å². The number of aromatic nitrogens is 1. The molecule has 10 nitrogen and oxygen atoms in total. The number of hydrogen-bond acceptors (Lipinski definition) is 7. The standard InChI is InChI=1S/C28H36ClN3O7/c1-16(9-11-21-18(3)32-39-19(21)4)24(33)7-6-8-26(34)31-23(27(35)30-15-17(2)28(36)37)14-20-10-12-25(38-5)22(29)13-20/h6,8-13,16-17,23-24,33H,7,14-15H2,1-5H3,(H,30,35)(H,31,34)(H,36,37)/b8-6+,11-9+. The summed E-state index contributed by atoms with van der Waals surface area (Å²) in [6, 6.07) is 4.02. The average molecular weight is 562 g/mol. The average Bonchev–Trinajstić information content (AvgIpc) is 3.21. The molecule has 0 aliphatic heterocycles. The molecule has 0 radical (unpaired) electrons. The predicted molar refractivity (Wildman–Crippen MR) is 147 cm³/mol. The molecular weight excluding hydrogens is 526 g/mol. The van der Waals surface area contributed by atoms with Crippen molar-refractivity contribution in [3.8, 4) is 5.75 Å². The normalized spacial score (nSPS) is 14.6. The van der Waals surface area contributed by atoms with E-state index in [2.05, 4.69) is 15.8 Å². The number of rotatable bonds is 14. The summed E-state index contributed by atoms with van der Waals surface area (Å²) in [5, 5.41) is 29.1. The number of benzene rings is 1. The molecular formula is C28H36ClN3O7. The number of carbonyl (C=O) groups is 3. The van der Waals surface area contributed by atoms with Crippen molar-refractivity contribution in [3.63, 3.8) is 0 Å². The molecule has 2 amide bonds. The largest absolute Gasteiger partial charge is 0.495 e. The topological polar surface area (TPSA) is 151 Å². The molecule has 2 rings (SSSR count). The quantitative estimate of drug-likeness (QED) is 0.256. The zero-order chi connectivity index (χ0) is 29.1. The first-order chi connectivity index (χ1) is 18.4. The lowest BCUT2D eigenvalue weighted by Crippen LogP contribution is -2.48. The Morgan fingerprint density at radius 3 is 2.54 bits per heavy atom. The van der Waals surface area contributed by atoms with Gasteiger partial charge >= 0.3 is 5.97 Å². The van der Waals surface area contributed by atoms with Gasteiger partial charge in [-0.1, -0.05) is 54.9 Å². The summed E-state index contributed by atoms with van der Waals surface area (Å²) in [6.45, 7) is 6.88. The van der Waals surface area contributed by atoms with E-state index >= 15 is 0 Å². The van der Waals surface area contributed by atoms with Gasteiger partial charge in [-0.2, -0.15) is 0 Å². The number of ether oxygens (including phenoxy) is 1. The molecule has 1 aromatic heterocycles. The van der Waals surface area contributed by atoms with Crippen LogP contribution in [-0.4, -0.2) is 59.0 Å². The number of amides is 2. The molecule has 39 heavy (non-hydrogen) atoms. The summed E-state index contributed by atoms with van der Waals surface area (Å²) in [4.78, 5) is 36.6. The van der Waals surface area contributed by atoms with E-state index in [1.54, 1.807) is 18.2 Å². The van der Waals surface area contributed by atoms with Crippen LogP contribution in [0, 0.1) is 25.7 Å². The first kappa shape index (κ1) is 31.6. The summed E-state index contributed by atoms with van der Waals surface area (Å²) in [5.41, 5.74) is 2.30. The summed E-state index contributed by atoms with van der Waals surface area (Å²) in [6.07, 6.45) is 6.07. The Bertz CT molecular complexity index is 1190. The van der Waals surface area contributed by atoms with E-state index in [1.165, 1.54) is 26.2 Å². The van der Waals surface area contributed by atoms with Gasteiger partial charge in [0, 0.05) is 24.4 Å². The lowest BCUT2D eigenvalue weighted by atomic mass is 10.00. The van der Waals surface area contributed by atoms with Gasteiger partial charge in [-0.25, -0.2) is 0 Å². The molecule has 4 atom stereocenters. The van der Waals surface area contributed by atoms with E-state index in [0.717, 1.165) is 11.3 Å². The Balaban J connectivity index is 2.03. The van der Waals surface area contributed by atoms with Gasteiger partial charge in [0.1, 0.15) is 17.6 Å². The van der Waals surface area contributed by atoms with Crippen LogP contribution in [-0.2, 0) is 20.8 Å². The Hall–Kier alpha value is -3.63. The van der Waals surface area contributed by atoms with Crippen LogP contribution in [0.2, 0.25) is 5.02 Å². The molecule has 11 heteroatoms. The van der Waals surface area contributed by atoms with Crippen LogP contribution < -0.4 is 15.4 Å². The fraction of sp³-hybridized carbons (Fsp3) is 0.429. The van der Waals surface area contributed by atoms with E-state index < -0.39 is 35.8 Å². The van der Waals surface area contributed by atoms with Crippen LogP contribution in [0.4, 0.5) is 0 Å². The molecule has 1 aromatic carbocycles. The molecule has 0 fully saturated rings. The molecule has 0 saturated carbocycles. The smallest absolute Gasteiger partial charge is 0.308 e. The second kappa shape index (κ2) is 15.1. The highest BCUT2D eigenvalue weighted by Crippen LogP contribution is 2.25. The number of aryl methyl sites for hydroxylation is 2. The summed E-state index contributed by atoms with van der Waals surface area (Å²) in [5.74, 6) is -1.96. The van der Waals surface area contributed by atoms with Crippen molar-refractivity contribution in [2.75, 3.05) is 13.7 Å². The molecule has 0 saturated heterocycles. The molecule has 0 bridgehead atoms. The number of halogens is 1. The third-order valence-electron chi connectivity index (χ3n) is 6.20. The van der Waals surface area contributed by atoms with Crippen molar-refractivity contribution in [1.29, 1.82) is 0 Å². The predicted octanol–water partition coefficient (Wildman–Crippen LogP) is 3.47. The number of carboxylic acid groups (broad SMARTS) is 1. The number of carboxylic acids is 1. The minimum Gasteiger partial charge on any atom is -0.495 e. The third-order valence-corrected chi connectivity index (χ3v) is 6.50. The Kier molecular flexibility index (Phi) is 12.2. The minimum absolute atomic E-state index is 0.0920. The van der Waals surface area contributed by atoms with Crippen LogP contribution in [0.3, 0.4) is 0 Å². The minimum atomic E-state index is -1.05. The molecule has 0 aliphatic rings. The van der Waals surface area contributed by atoms with Crippen molar-refractivity contribution in [2.45, 2.75) is 52.7 Å². The number of aliphatic hydroxyl groups excluding tert-OH is 1. The lowest BCUT2D eigenvalue weighted by molar-refractivity contribution is -0.141. The number of hydrogen-bond donors (Lipinski definition) is 4. The van der Waals surface area contributed by atoms with Gasteiger partial charge in [-0.15, -0.1) is 0 Å². The molecule has 4 N–H and O–H groups in total. The molecule has 0 spiro atoms. The number of methoxy groups -OCH3 is 1. The maximum atomic E-state index is 12.8. The van der Waals surface area contributed by atoms with E-state index in [-0.39, 0.29) is 25.3 Å². The molecule has 2 aromatic rings. The van der Waals surface area contributed by atoms with Gasteiger partial charge in [-0.3, -0.25) is 14.4 Å². The first-order valence-corrected chi connectivity index (χ1v) is 12.9. The summed E-state index contributed by atoms with van der Waals surface area (Å²) in [7, 11) is 1.49. The number of nitrogens with one attached hydrogen (secondary N) is 2. The fourth-order valence-electron chi connectivity index (χ4n) is 3.60. The highest BCUT2D eigenvalue weighted by molar-refractivity contribution is 6.32. The van der Waals surface area contributed by atoms with E-state index in [9.17, 15) is 19.5 Å². The van der Waals surface area contributed by atoms with E-state index in [0.29, 0.717) is 22.1 Å². The molecule has 4 unspecified atom stereocenters. The Morgan fingerprint density at radius 2 is 1.95 bits per heavy atom. The highest BCUT2D eigenvalue weighted by Gasteiger charge is 2.23. The van der Waals surface area contributed by atoms with Gasteiger partial charge < -0.3 is 30.1 Å². The van der Waals surface area contributed by atoms with Crippen LogP contribution >= 0.6 is 11.6 Å². The van der Waals surface area contributed by atoms with Crippen molar-refractivity contribution in [2.24, 2.45) is 11.8 Å². The number of carbonyl (C=O) groups excluding carboxylic acids is 2. The fourth-order valence-corrected chi connectivity index (χ4v) is 3.88. The second-order valence-corrected chi connectivity index (χ2v) is 9.79. The summed E-state index contributed by atoms with van der Waals surface area (Å²) < 4.78 is 10.3. The highest BCUT2D eigenvalue weighted by atomic mass is 35.5. The van der Waals surface area contributed by atoms with Gasteiger partial charge in [0.2, 0.25) is 11.8 Å². The molecule has 212 valence electrons. The van der Waals surface area contributed by atoms with Crippen molar-refractivity contribution < 1.29 is 33.9 Å². The number of aliphatic carboxylic acids is 1. The van der Waals surface area contributed by atoms with Crippen LogP contribution in [0.1, 0.15) is 42.8 Å². The second-order valence-electron chi connectivity index (χ2n) is 9.38. The van der Waals surface area contributed by atoms with E-state index in [1.807, 2.05) is 32.9 Å². The first-order valence-electron chi connectivity index (χ1n) is 12.5. The third kappa shape index (κ3) is 9.88. The van der Waals surface area contributed by atoms with Crippen molar-refractivity contribution >= 4 is 35.5 Å². The monoisotopic (exact) mass is 561 g/mol. The lowest BCUT2D eigenvalue weighted by Gasteiger charge is -2.19. The zero-order valence-electron chi connectivity index (χ0n) is 22.7. The van der Waals surface area contributed by atoms with Crippen LogP contribution in [0.25, 0.3) is 6.08 Å². The zero-order valence-corrected chi connectivity index (χ0v) is 23.5. The SMILES string of the molecule is COc1ccc(CC(NC(=O)/C=C/CC(O)C(C)/C=C/c2c(C)noc2C)C(=O)NCC(C)C(=O)O)cc1Cl. The molecule has 0 aliphatic carbocycles. The molecule has 1 heterocycles. The van der Waals surface area contributed by atoms with Crippen LogP contribution in [0.15, 0.2) is 41.0 Å². The Labute approximate surface area is 233 Å². The maximum Gasteiger partial charge on any atom is 0.308 e. The summed E-state index contributed by atoms with van der Waals surface area (Å²) >= 11 is 6.20. The number of aliphatic hydroxyl groups is 1. The number of nitrogens with zero attached hydrogens (tertiary/aromatic N) is 1. The van der Waals surface area contributed by atoms with Gasteiger partial charge in [0.05, 0.1) is 29.8 Å². The van der Waals surface area contributed by atoms with Gasteiger partial charge in [0.25, 0.3) is 0 Å². The van der Waals surface area contributed by atoms with Gasteiger partial charge in [0.15, 0.2) is 0 Å². The van der Waals surface area contributed by atoms with Crippen LogP contribution in [0.5, 0.6) is 5.75 Å². The van der Waals surface area contributed by atoms with Gasteiger partial charge in [-0.05, 0) is 44.0 Å². The maximum absolute atomic E-state index is 12.8. The Morgan fingerprint density at radius 1 is 1.23 bits per heavy atom.